The van der Waals surface area contributed by atoms with Gasteiger partial charge < -0.3 is 10.6 Å². The summed E-state index contributed by atoms with van der Waals surface area (Å²) in [6, 6.07) is 6.35. The van der Waals surface area contributed by atoms with E-state index in [9.17, 15) is 9.18 Å². The zero-order valence-corrected chi connectivity index (χ0v) is 11.4. The number of rotatable bonds is 7. The Bertz CT molecular complexity index is 343. The van der Waals surface area contributed by atoms with Crippen LogP contribution in [0.25, 0.3) is 0 Å². The molecule has 1 aromatic carbocycles. The van der Waals surface area contributed by atoms with Crippen molar-refractivity contribution in [1.82, 2.24) is 10.6 Å². The van der Waals surface area contributed by atoms with E-state index in [-0.39, 0.29) is 24.1 Å². The van der Waals surface area contributed by atoms with Crippen LogP contribution >= 0.6 is 12.4 Å². The molecule has 0 unspecified atom stereocenters. The van der Waals surface area contributed by atoms with Crippen molar-refractivity contribution in [3.05, 3.63) is 35.6 Å². The number of hydrogen-bond donors (Lipinski definition) is 2. The molecule has 0 bridgehead atoms. The highest BCUT2D eigenvalue weighted by atomic mass is 35.5. The largest absolute Gasteiger partial charge is 0.356 e. The van der Waals surface area contributed by atoms with Gasteiger partial charge in [0.1, 0.15) is 5.82 Å². The van der Waals surface area contributed by atoms with Crippen LogP contribution in [-0.2, 0) is 11.2 Å². The van der Waals surface area contributed by atoms with Crippen LogP contribution in [0.3, 0.4) is 0 Å². The van der Waals surface area contributed by atoms with E-state index in [2.05, 4.69) is 10.6 Å². The summed E-state index contributed by atoms with van der Waals surface area (Å²) >= 11 is 0. The Morgan fingerprint density at radius 3 is 2.50 bits per heavy atom. The van der Waals surface area contributed by atoms with Gasteiger partial charge in [0.2, 0.25) is 5.91 Å². The van der Waals surface area contributed by atoms with Crippen molar-refractivity contribution in [1.29, 1.82) is 0 Å². The average molecular weight is 275 g/mol. The molecular formula is C13H20ClFN2O. The molecular weight excluding hydrogens is 255 g/mol. The van der Waals surface area contributed by atoms with Gasteiger partial charge in [0, 0.05) is 13.0 Å². The zero-order chi connectivity index (χ0) is 12.5. The molecule has 1 amide bonds. The van der Waals surface area contributed by atoms with Gasteiger partial charge in [-0.1, -0.05) is 12.1 Å². The summed E-state index contributed by atoms with van der Waals surface area (Å²) in [5, 5.41) is 5.84. The zero-order valence-electron chi connectivity index (χ0n) is 10.5. The van der Waals surface area contributed by atoms with Crippen molar-refractivity contribution < 1.29 is 9.18 Å². The molecule has 0 aliphatic rings. The van der Waals surface area contributed by atoms with Gasteiger partial charge in [-0.15, -0.1) is 12.4 Å². The van der Waals surface area contributed by atoms with Crippen molar-refractivity contribution in [3.8, 4) is 0 Å². The average Bonchev–Trinajstić information content (AvgIpc) is 2.32. The van der Waals surface area contributed by atoms with Crippen LogP contribution in [0.2, 0.25) is 0 Å². The maximum atomic E-state index is 12.6. The fraction of sp³-hybridized carbons (Fsp3) is 0.462. The number of nitrogens with one attached hydrogen (secondary N) is 2. The van der Waals surface area contributed by atoms with E-state index < -0.39 is 0 Å². The summed E-state index contributed by atoms with van der Waals surface area (Å²) in [7, 11) is 1.87. The lowest BCUT2D eigenvalue weighted by Gasteiger charge is -2.05. The lowest BCUT2D eigenvalue weighted by atomic mass is 10.1. The molecule has 0 fully saturated rings. The maximum absolute atomic E-state index is 12.6. The number of benzene rings is 1. The number of carbonyl (C=O) groups is 1. The minimum atomic E-state index is -0.232. The lowest BCUT2D eigenvalue weighted by molar-refractivity contribution is -0.121. The molecule has 0 heterocycles. The second-order valence-electron chi connectivity index (χ2n) is 3.93. The van der Waals surface area contributed by atoms with Crippen molar-refractivity contribution in [3.63, 3.8) is 0 Å². The van der Waals surface area contributed by atoms with Gasteiger partial charge in [-0.05, 0) is 44.1 Å². The predicted molar refractivity (Wildman–Crippen MR) is 73.5 cm³/mol. The summed E-state index contributed by atoms with van der Waals surface area (Å²) in [5.74, 6) is -0.160. The van der Waals surface area contributed by atoms with E-state index in [0.29, 0.717) is 13.0 Å². The van der Waals surface area contributed by atoms with Gasteiger partial charge in [0.25, 0.3) is 0 Å². The van der Waals surface area contributed by atoms with Gasteiger partial charge in [-0.3, -0.25) is 4.79 Å². The smallest absolute Gasteiger partial charge is 0.220 e. The van der Waals surface area contributed by atoms with E-state index in [1.807, 2.05) is 7.05 Å². The summed E-state index contributed by atoms with van der Waals surface area (Å²) < 4.78 is 12.6. The van der Waals surface area contributed by atoms with Crippen LogP contribution in [-0.4, -0.2) is 26.0 Å². The van der Waals surface area contributed by atoms with Crippen molar-refractivity contribution in [2.24, 2.45) is 0 Å². The predicted octanol–water partition coefficient (Wildman–Crippen LogP) is 1.91. The number of amides is 1. The third-order valence-electron chi connectivity index (χ3n) is 2.48. The van der Waals surface area contributed by atoms with Crippen LogP contribution < -0.4 is 10.6 Å². The standard InChI is InChI=1S/C13H19FN2O.ClH/c1-15-9-2-3-13(17)16-10-8-11-4-6-12(14)7-5-11;/h4-7,15H,2-3,8-10H2,1H3,(H,16,17);1H. The Labute approximate surface area is 114 Å². The topological polar surface area (TPSA) is 41.1 Å². The van der Waals surface area contributed by atoms with Crippen LogP contribution in [0, 0.1) is 5.82 Å². The third kappa shape index (κ3) is 7.25. The number of halogens is 2. The molecule has 0 atom stereocenters. The normalized spacial score (nSPS) is 9.67. The number of carbonyl (C=O) groups excluding carboxylic acids is 1. The molecule has 1 aromatic rings. The second-order valence-corrected chi connectivity index (χ2v) is 3.93. The molecule has 1 rings (SSSR count). The highest BCUT2D eigenvalue weighted by Crippen LogP contribution is 2.02. The fourth-order valence-electron chi connectivity index (χ4n) is 1.51. The number of hydrogen-bond acceptors (Lipinski definition) is 2. The van der Waals surface area contributed by atoms with Crippen molar-refractivity contribution in [2.75, 3.05) is 20.1 Å². The maximum Gasteiger partial charge on any atom is 0.220 e. The minimum absolute atomic E-state index is 0. The van der Waals surface area contributed by atoms with Crippen LogP contribution in [0.15, 0.2) is 24.3 Å². The molecule has 0 saturated heterocycles. The summed E-state index contributed by atoms with van der Waals surface area (Å²) in [4.78, 5) is 11.4. The van der Waals surface area contributed by atoms with E-state index in [1.165, 1.54) is 12.1 Å². The summed E-state index contributed by atoms with van der Waals surface area (Å²) in [6.07, 6.45) is 2.13. The Morgan fingerprint density at radius 1 is 1.22 bits per heavy atom. The molecule has 0 aliphatic heterocycles. The first kappa shape index (κ1) is 16.9. The van der Waals surface area contributed by atoms with E-state index in [0.717, 1.165) is 24.9 Å². The van der Waals surface area contributed by atoms with E-state index in [4.69, 9.17) is 0 Å². The Hall–Kier alpha value is -1.13. The van der Waals surface area contributed by atoms with Gasteiger partial charge in [0.05, 0.1) is 0 Å². The van der Waals surface area contributed by atoms with E-state index in [1.54, 1.807) is 12.1 Å². The SMILES string of the molecule is CNCCCC(=O)NCCc1ccc(F)cc1.Cl. The third-order valence-corrected chi connectivity index (χ3v) is 2.48. The lowest BCUT2D eigenvalue weighted by Crippen LogP contribution is -2.26. The fourth-order valence-corrected chi connectivity index (χ4v) is 1.51. The molecule has 18 heavy (non-hydrogen) atoms. The van der Waals surface area contributed by atoms with Crippen LogP contribution in [0.5, 0.6) is 0 Å². The quantitative estimate of drug-likeness (QED) is 0.746. The van der Waals surface area contributed by atoms with Gasteiger partial charge >= 0.3 is 0 Å². The molecule has 102 valence electrons. The molecule has 0 radical (unpaired) electrons. The van der Waals surface area contributed by atoms with Crippen LogP contribution in [0.4, 0.5) is 4.39 Å². The molecule has 0 spiro atoms. The first-order valence-corrected chi connectivity index (χ1v) is 5.88. The molecule has 0 aliphatic carbocycles. The molecule has 0 saturated carbocycles. The van der Waals surface area contributed by atoms with Gasteiger partial charge in [0.15, 0.2) is 0 Å². The van der Waals surface area contributed by atoms with Gasteiger partial charge in [-0.2, -0.15) is 0 Å². The van der Waals surface area contributed by atoms with Crippen molar-refractivity contribution >= 4 is 18.3 Å². The Kier molecular flexibility index (Phi) is 9.24. The monoisotopic (exact) mass is 274 g/mol. The molecule has 0 aromatic heterocycles. The minimum Gasteiger partial charge on any atom is -0.356 e. The van der Waals surface area contributed by atoms with Crippen LogP contribution in [0.1, 0.15) is 18.4 Å². The van der Waals surface area contributed by atoms with Gasteiger partial charge in [-0.25, -0.2) is 4.39 Å². The molecule has 5 heteroatoms. The first-order valence-electron chi connectivity index (χ1n) is 5.88. The Balaban J connectivity index is 0.00000289. The van der Waals surface area contributed by atoms with Crippen molar-refractivity contribution in [2.45, 2.75) is 19.3 Å². The highest BCUT2D eigenvalue weighted by molar-refractivity contribution is 5.85. The van der Waals surface area contributed by atoms with E-state index >= 15 is 0 Å². The summed E-state index contributed by atoms with van der Waals surface area (Å²) in [5.41, 5.74) is 1.03. The highest BCUT2D eigenvalue weighted by Gasteiger charge is 2.00. The molecule has 2 N–H and O–H groups in total. The Morgan fingerprint density at radius 2 is 1.89 bits per heavy atom. The second kappa shape index (κ2) is 9.85. The molecule has 3 nitrogen and oxygen atoms in total. The first-order chi connectivity index (χ1) is 8.22. The summed E-state index contributed by atoms with van der Waals surface area (Å²) in [6.45, 7) is 1.45.